The summed E-state index contributed by atoms with van der Waals surface area (Å²) in [6, 6.07) is 8.13. The van der Waals surface area contributed by atoms with E-state index in [0.717, 1.165) is 30.8 Å². The highest BCUT2D eigenvalue weighted by molar-refractivity contribution is 7.99. The van der Waals surface area contributed by atoms with Gasteiger partial charge in [-0.3, -0.25) is 4.79 Å². The zero-order valence-corrected chi connectivity index (χ0v) is 10.7. The number of fused-ring (bicyclic) bond motifs is 1. The Morgan fingerprint density at radius 1 is 1.35 bits per heavy atom. The van der Waals surface area contributed by atoms with E-state index in [1.54, 1.807) is 0 Å². The first kappa shape index (κ1) is 12.5. The highest BCUT2D eigenvalue weighted by atomic mass is 32.2. The van der Waals surface area contributed by atoms with E-state index in [9.17, 15) is 4.79 Å². The van der Waals surface area contributed by atoms with Crippen LogP contribution in [0.15, 0.2) is 29.2 Å². The van der Waals surface area contributed by atoms with Crippen molar-refractivity contribution in [3.8, 4) is 0 Å². The van der Waals surface area contributed by atoms with Gasteiger partial charge in [0.1, 0.15) is 0 Å². The summed E-state index contributed by atoms with van der Waals surface area (Å²) in [5.41, 5.74) is 6.51. The van der Waals surface area contributed by atoms with E-state index in [2.05, 4.69) is 6.07 Å². The fourth-order valence-corrected chi connectivity index (χ4v) is 2.98. The molecule has 0 aromatic heterocycles. The molecule has 0 saturated carbocycles. The van der Waals surface area contributed by atoms with Crippen molar-refractivity contribution in [1.82, 2.24) is 0 Å². The number of carbonyl (C=O) groups is 1. The summed E-state index contributed by atoms with van der Waals surface area (Å²) in [6.07, 6.45) is 2.42. The second kappa shape index (κ2) is 6.07. The maximum absolute atomic E-state index is 12.1. The third kappa shape index (κ3) is 3.01. The molecule has 0 radical (unpaired) electrons. The minimum absolute atomic E-state index is 0.228. The molecule has 0 aliphatic carbocycles. The maximum Gasteiger partial charge on any atom is 0.227 e. The second-order valence-corrected chi connectivity index (χ2v) is 5.24. The maximum atomic E-state index is 12.1. The molecular formula is C13H18N2OS. The molecule has 1 aliphatic rings. The number of benzene rings is 1. The predicted molar refractivity (Wildman–Crippen MR) is 72.4 cm³/mol. The lowest BCUT2D eigenvalue weighted by Gasteiger charge is -2.29. The van der Waals surface area contributed by atoms with E-state index >= 15 is 0 Å². The van der Waals surface area contributed by atoms with Crippen LogP contribution in [0.25, 0.3) is 0 Å². The summed E-state index contributed by atoms with van der Waals surface area (Å²) in [4.78, 5) is 15.2. The average Bonchev–Trinajstić information content (AvgIpc) is 2.38. The van der Waals surface area contributed by atoms with Gasteiger partial charge in [0.15, 0.2) is 0 Å². The first-order chi connectivity index (χ1) is 8.33. The summed E-state index contributed by atoms with van der Waals surface area (Å²) in [6.45, 7) is 1.49. The van der Waals surface area contributed by atoms with Crippen LogP contribution >= 0.6 is 11.8 Å². The van der Waals surface area contributed by atoms with E-state index < -0.39 is 0 Å². The van der Waals surface area contributed by atoms with Crippen molar-refractivity contribution in [2.24, 2.45) is 5.73 Å². The lowest BCUT2D eigenvalue weighted by atomic mass is 10.2. The Kier molecular flexibility index (Phi) is 4.45. The molecule has 0 spiro atoms. The fraction of sp³-hybridized carbons (Fsp3) is 0.462. The molecule has 0 atom stereocenters. The molecule has 4 heteroatoms. The van der Waals surface area contributed by atoms with Crippen LogP contribution in [0.3, 0.4) is 0 Å². The molecule has 92 valence electrons. The van der Waals surface area contributed by atoms with Crippen LogP contribution in [0.1, 0.15) is 19.3 Å². The summed E-state index contributed by atoms with van der Waals surface area (Å²) in [7, 11) is 0. The molecule has 2 rings (SSSR count). The number of hydrogen-bond acceptors (Lipinski definition) is 3. The van der Waals surface area contributed by atoms with Crippen LogP contribution in [0, 0.1) is 0 Å². The van der Waals surface area contributed by atoms with E-state index in [1.165, 1.54) is 4.90 Å². The quantitative estimate of drug-likeness (QED) is 0.834. The van der Waals surface area contributed by atoms with Crippen molar-refractivity contribution >= 4 is 23.4 Å². The first-order valence-corrected chi connectivity index (χ1v) is 7.04. The van der Waals surface area contributed by atoms with Crippen LogP contribution in [0.5, 0.6) is 0 Å². The Hall–Kier alpha value is -1.00. The Morgan fingerprint density at radius 3 is 3.00 bits per heavy atom. The minimum Gasteiger partial charge on any atom is -0.330 e. The van der Waals surface area contributed by atoms with Crippen molar-refractivity contribution in [1.29, 1.82) is 0 Å². The molecule has 3 nitrogen and oxygen atoms in total. The van der Waals surface area contributed by atoms with E-state index in [-0.39, 0.29) is 5.91 Å². The third-order valence-corrected chi connectivity index (χ3v) is 3.92. The number of nitrogens with two attached hydrogens (primary N) is 1. The molecule has 1 aromatic carbocycles. The van der Waals surface area contributed by atoms with Gasteiger partial charge in [0.25, 0.3) is 0 Å². The van der Waals surface area contributed by atoms with Crippen molar-refractivity contribution < 1.29 is 4.79 Å². The second-order valence-electron chi connectivity index (χ2n) is 4.11. The lowest BCUT2D eigenvalue weighted by molar-refractivity contribution is -0.118. The van der Waals surface area contributed by atoms with Crippen molar-refractivity contribution in [3.05, 3.63) is 24.3 Å². The molecule has 1 aliphatic heterocycles. The van der Waals surface area contributed by atoms with Gasteiger partial charge < -0.3 is 10.6 Å². The van der Waals surface area contributed by atoms with Gasteiger partial charge in [-0.1, -0.05) is 12.1 Å². The van der Waals surface area contributed by atoms with Crippen molar-refractivity contribution in [2.75, 3.05) is 23.7 Å². The Morgan fingerprint density at radius 2 is 2.18 bits per heavy atom. The highest BCUT2D eigenvalue weighted by Crippen LogP contribution is 2.34. The van der Waals surface area contributed by atoms with Gasteiger partial charge in [-0.2, -0.15) is 0 Å². The van der Waals surface area contributed by atoms with Crippen molar-refractivity contribution in [3.63, 3.8) is 0 Å². The molecule has 0 bridgehead atoms. The average molecular weight is 250 g/mol. The van der Waals surface area contributed by atoms with E-state index in [4.69, 9.17) is 5.73 Å². The number of rotatable bonds is 4. The molecule has 1 amide bonds. The Labute approximate surface area is 106 Å². The molecule has 1 heterocycles. The lowest BCUT2D eigenvalue weighted by Crippen LogP contribution is -2.35. The van der Waals surface area contributed by atoms with Crippen LogP contribution in [-0.2, 0) is 4.79 Å². The van der Waals surface area contributed by atoms with Gasteiger partial charge in [0.2, 0.25) is 5.91 Å². The number of amides is 1. The van der Waals surface area contributed by atoms with Gasteiger partial charge in [-0.15, -0.1) is 11.8 Å². The number of carbonyl (C=O) groups excluding carboxylic acids is 1. The monoisotopic (exact) mass is 250 g/mol. The minimum atomic E-state index is 0.228. The molecule has 1 aromatic rings. The Balaban J connectivity index is 2.05. The van der Waals surface area contributed by atoms with Crippen LogP contribution in [0.2, 0.25) is 0 Å². The normalized spacial score (nSPS) is 14.5. The van der Waals surface area contributed by atoms with Gasteiger partial charge >= 0.3 is 0 Å². The van der Waals surface area contributed by atoms with Gasteiger partial charge in [0, 0.05) is 23.6 Å². The zero-order valence-electron chi connectivity index (χ0n) is 9.89. The number of para-hydroxylation sites is 1. The van der Waals surface area contributed by atoms with E-state index in [0.29, 0.717) is 13.0 Å². The predicted octanol–water partition coefficient (Wildman–Crippen LogP) is 2.25. The smallest absolute Gasteiger partial charge is 0.227 e. The number of nitrogens with zero attached hydrogens (tertiary/aromatic N) is 1. The standard InChI is InChI=1S/C13H18N2OS/c14-8-4-3-7-13(16)15-9-10-17-12-6-2-1-5-11(12)15/h1-2,5-6H,3-4,7-10,14H2. The topological polar surface area (TPSA) is 46.3 Å². The van der Waals surface area contributed by atoms with E-state index in [1.807, 2.05) is 34.9 Å². The molecule has 0 unspecified atom stereocenters. The van der Waals surface area contributed by atoms with Crippen molar-refractivity contribution in [2.45, 2.75) is 24.2 Å². The molecule has 0 fully saturated rings. The van der Waals surface area contributed by atoms with Crippen LogP contribution < -0.4 is 10.6 Å². The number of unbranched alkanes of at least 4 members (excludes halogenated alkanes) is 1. The van der Waals surface area contributed by atoms with Crippen LogP contribution in [0.4, 0.5) is 5.69 Å². The summed E-state index contributed by atoms with van der Waals surface area (Å²) < 4.78 is 0. The van der Waals surface area contributed by atoms with Gasteiger partial charge in [0.05, 0.1) is 5.69 Å². The summed E-state index contributed by atoms with van der Waals surface area (Å²) in [5.74, 6) is 1.21. The first-order valence-electron chi connectivity index (χ1n) is 6.05. The summed E-state index contributed by atoms with van der Waals surface area (Å²) in [5, 5.41) is 0. The molecule has 17 heavy (non-hydrogen) atoms. The molecular weight excluding hydrogens is 232 g/mol. The fourth-order valence-electron chi connectivity index (χ4n) is 1.98. The molecule has 0 saturated heterocycles. The third-order valence-electron chi connectivity index (χ3n) is 2.87. The summed E-state index contributed by atoms with van der Waals surface area (Å²) >= 11 is 1.82. The Bertz CT molecular complexity index is 395. The van der Waals surface area contributed by atoms with Crippen LogP contribution in [-0.4, -0.2) is 24.7 Å². The number of anilines is 1. The number of hydrogen-bond donors (Lipinski definition) is 1. The number of thioether (sulfide) groups is 1. The zero-order chi connectivity index (χ0) is 12.1. The largest absolute Gasteiger partial charge is 0.330 e. The highest BCUT2D eigenvalue weighted by Gasteiger charge is 2.21. The SMILES string of the molecule is NCCCCC(=O)N1CCSc2ccccc21. The van der Waals surface area contributed by atoms with Gasteiger partial charge in [-0.05, 0) is 31.5 Å². The van der Waals surface area contributed by atoms with Gasteiger partial charge in [-0.25, -0.2) is 0 Å². The molecule has 2 N–H and O–H groups in total.